The van der Waals surface area contributed by atoms with Gasteiger partial charge in [-0.25, -0.2) is 4.98 Å². The number of nitrogens with one attached hydrogen (secondary N) is 1. The summed E-state index contributed by atoms with van der Waals surface area (Å²) in [6.07, 6.45) is 0.562. The Balaban J connectivity index is 1.42. The lowest BCUT2D eigenvalue weighted by Crippen LogP contribution is -2.13. The number of carbonyl (C=O) groups is 1. The van der Waals surface area contributed by atoms with Gasteiger partial charge in [0.05, 0.1) is 5.56 Å². The molecular weight excluding hydrogens is 429 g/mol. The molecule has 0 saturated carbocycles. The first-order valence-electron chi connectivity index (χ1n) is 10.4. The van der Waals surface area contributed by atoms with Crippen LogP contribution < -0.4 is 5.32 Å². The van der Waals surface area contributed by atoms with Crippen LogP contribution in [-0.2, 0) is 19.1 Å². The summed E-state index contributed by atoms with van der Waals surface area (Å²) in [5.41, 5.74) is 2.54. The van der Waals surface area contributed by atoms with Crippen LogP contribution in [0.1, 0.15) is 27.9 Å². The highest BCUT2D eigenvalue weighted by Gasteiger charge is 2.30. The summed E-state index contributed by atoms with van der Waals surface area (Å²) in [5, 5.41) is 6.94. The predicted octanol–water partition coefficient (Wildman–Crippen LogP) is 5.85. The van der Waals surface area contributed by atoms with Crippen LogP contribution >= 0.6 is 0 Å². The smallest absolute Gasteiger partial charge is 0.322 e. The number of nitrogens with zero attached hydrogens (tertiary/aromatic N) is 3. The van der Waals surface area contributed by atoms with Crippen LogP contribution in [0.15, 0.2) is 85.5 Å². The number of hydrogen-bond acceptors (Lipinski definition) is 3. The Morgan fingerprint density at radius 1 is 0.939 bits per heavy atom. The third-order valence-electron chi connectivity index (χ3n) is 5.23. The van der Waals surface area contributed by atoms with Gasteiger partial charge in [0.2, 0.25) is 0 Å². The Morgan fingerprint density at radius 3 is 2.33 bits per heavy atom. The van der Waals surface area contributed by atoms with Gasteiger partial charge in [-0.3, -0.25) is 9.48 Å². The number of aryl methyl sites for hydroxylation is 2. The van der Waals surface area contributed by atoms with Crippen LogP contribution in [0, 0.1) is 0 Å². The van der Waals surface area contributed by atoms with Crippen molar-refractivity contribution in [2.75, 3.05) is 5.32 Å². The zero-order valence-electron chi connectivity index (χ0n) is 17.6. The normalized spacial score (nSPS) is 11.4. The van der Waals surface area contributed by atoms with Crippen molar-refractivity contribution < 1.29 is 18.0 Å². The molecule has 168 valence electrons. The fourth-order valence-electron chi connectivity index (χ4n) is 3.52. The first kappa shape index (κ1) is 22.3. The maximum absolute atomic E-state index is 12.9. The summed E-state index contributed by atoms with van der Waals surface area (Å²) < 4.78 is 40.4. The van der Waals surface area contributed by atoms with Gasteiger partial charge in [0.1, 0.15) is 12.7 Å². The quantitative estimate of drug-likeness (QED) is 0.384. The monoisotopic (exact) mass is 450 g/mol. The molecule has 5 nitrogen and oxygen atoms in total. The van der Waals surface area contributed by atoms with Gasteiger partial charge in [0, 0.05) is 17.8 Å². The SMILES string of the molecule is O=C(Nc1ccc(CCCn2cncn2)cc1)c1ccccc1-c1ccc(C(F)(F)F)cc1. The average molecular weight is 450 g/mol. The van der Waals surface area contributed by atoms with E-state index in [4.69, 9.17) is 0 Å². The van der Waals surface area contributed by atoms with Crippen molar-refractivity contribution in [2.45, 2.75) is 25.6 Å². The van der Waals surface area contributed by atoms with E-state index in [2.05, 4.69) is 15.4 Å². The molecule has 0 aliphatic heterocycles. The lowest BCUT2D eigenvalue weighted by molar-refractivity contribution is -0.137. The van der Waals surface area contributed by atoms with Crippen LogP contribution in [-0.4, -0.2) is 20.7 Å². The number of rotatable bonds is 7. The molecule has 1 amide bonds. The van der Waals surface area contributed by atoms with Crippen molar-refractivity contribution in [3.8, 4) is 11.1 Å². The minimum Gasteiger partial charge on any atom is -0.322 e. The van der Waals surface area contributed by atoms with Gasteiger partial charge >= 0.3 is 6.18 Å². The number of carbonyl (C=O) groups excluding carboxylic acids is 1. The maximum Gasteiger partial charge on any atom is 0.416 e. The van der Waals surface area contributed by atoms with E-state index in [1.165, 1.54) is 18.5 Å². The van der Waals surface area contributed by atoms with Crippen molar-refractivity contribution in [1.82, 2.24) is 14.8 Å². The van der Waals surface area contributed by atoms with Gasteiger partial charge < -0.3 is 5.32 Å². The molecular formula is C25H21F3N4O. The lowest BCUT2D eigenvalue weighted by Gasteiger charge is -2.12. The highest BCUT2D eigenvalue weighted by Crippen LogP contribution is 2.32. The van der Waals surface area contributed by atoms with Gasteiger partial charge in [-0.2, -0.15) is 18.3 Å². The molecule has 0 aliphatic carbocycles. The van der Waals surface area contributed by atoms with Crippen molar-refractivity contribution >= 4 is 11.6 Å². The van der Waals surface area contributed by atoms with Crippen LogP contribution in [0.25, 0.3) is 11.1 Å². The molecule has 0 aliphatic rings. The number of hydrogen-bond donors (Lipinski definition) is 1. The van der Waals surface area contributed by atoms with Crippen molar-refractivity contribution in [3.63, 3.8) is 0 Å². The van der Waals surface area contributed by atoms with Crippen molar-refractivity contribution in [3.05, 3.63) is 102 Å². The maximum atomic E-state index is 12.9. The average Bonchev–Trinajstić information content (AvgIpc) is 3.33. The van der Waals surface area contributed by atoms with E-state index in [1.54, 1.807) is 35.3 Å². The molecule has 0 fully saturated rings. The van der Waals surface area contributed by atoms with E-state index in [0.29, 0.717) is 22.4 Å². The highest BCUT2D eigenvalue weighted by molar-refractivity contribution is 6.08. The van der Waals surface area contributed by atoms with E-state index in [1.807, 2.05) is 24.3 Å². The molecule has 33 heavy (non-hydrogen) atoms. The molecule has 0 saturated heterocycles. The molecule has 8 heteroatoms. The molecule has 1 aromatic heterocycles. The zero-order valence-corrected chi connectivity index (χ0v) is 17.6. The zero-order chi connectivity index (χ0) is 23.3. The third kappa shape index (κ3) is 5.65. The first-order valence-corrected chi connectivity index (χ1v) is 10.4. The molecule has 0 bridgehead atoms. The van der Waals surface area contributed by atoms with Crippen LogP contribution in [0.4, 0.5) is 18.9 Å². The minimum absolute atomic E-state index is 0.329. The Hall–Kier alpha value is -3.94. The fourth-order valence-corrected chi connectivity index (χ4v) is 3.52. The minimum atomic E-state index is -4.40. The van der Waals surface area contributed by atoms with E-state index >= 15 is 0 Å². The van der Waals surface area contributed by atoms with Gasteiger partial charge in [-0.1, -0.05) is 42.5 Å². The van der Waals surface area contributed by atoms with Crippen molar-refractivity contribution in [1.29, 1.82) is 0 Å². The number of anilines is 1. The van der Waals surface area contributed by atoms with Gasteiger partial charge in [0.25, 0.3) is 5.91 Å². The number of alkyl halides is 3. The van der Waals surface area contributed by atoms with Crippen LogP contribution in [0.2, 0.25) is 0 Å². The Kier molecular flexibility index (Phi) is 6.53. The number of amides is 1. The summed E-state index contributed by atoms with van der Waals surface area (Å²) in [6.45, 7) is 0.777. The molecule has 0 unspecified atom stereocenters. The molecule has 0 spiro atoms. The largest absolute Gasteiger partial charge is 0.416 e. The summed E-state index contributed by atoms with van der Waals surface area (Å²) in [7, 11) is 0. The van der Waals surface area contributed by atoms with E-state index in [-0.39, 0.29) is 5.91 Å². The second-order valence-electron chi connectivity index (χ2n) is 7.53. The molecule has 4 aromatic rings. The summed E-state index contributed by atoms with van der Waals surface area (Å²) in [6, 6.07) is 19.2. The number of aromatic nitrogens is 3. The first-order chi connectivity index (χ1) is 15.9. The number of benzene rings is 3. The molecule has 1 heterocycles. The standard InChI is InChI=1S/C25H21F3N4O/c26-25(27,28)20-11-9-19(10-12-20)22-5-1-2-6-23(22)24(33)31-21-13-7-18(8-14-21)4-3-15-32-17-29-16-30-32/h1-2,5-14,16-17H,3-4,15H2,(H,31,33). The van der Waals surface area contributed by atoms with Gasteiger partial charge in [-0.05, 0) is 59.9 Å². The third-order valence-corrected chi connectivity index (χ3v) is 5.23. The summed E-state index contributed by atoms with van der Waals surface area (Å²) in [4.78, 5) is 16.8. The molecule has 4 rings (SSSR count). The Bertz CT molecular complexity index is 1200. The topological polar surface area (TPSA) is 59.8 Å². The number of halogens is 3. The highest BCUT2D eigenvalue weighted by atomic mass is 19.4. The van der Waals surface area contributed by atoms with E-state index < -0.39 is 11.7 Å². The molecule has 0 atom stereocenters. The van der Waals surface area contributed by atoms with Gasteiger partial charge in [0.15, 0.2) is 0 Å². The van der Waals surface area contributed by atoms with Crippen LogP contribution in [0.3, 0.4) is 0 Å². The summed E-state index contributed by atoms with van der Waals surface area (Å²) >= 11 is 0. The predicted molar refractivity (Wildman–Crippen MR) is 120 cm³/mol. The molecule has 1 N–H and O–H groups in total. The lowest BCUT2D eigenvalue weighted by atomic mass is 9.98. The van der Waals surface area contributed by atoms with E-state index in [9.17, 15) is 18.0 Å². The second kappa shape index (κ2) is 9.68. The van der Waals surface area contributed by atoms with Crippen molar-refractivity contribution in [2.24, 2.45) is 0 Å². The molecule has 3 aromatic carbocycles. The summed E-state index contributed by atoms with van der Waals surface area (Å²) in [5.74, 6) is -0.329. The Morgan fingerprint density at radius 2 is 1.67 bits per heavy atom. The van der Waals surface area contributed by atoms with E-state index in [0.717, 1.165) is 37.1 Å². The fraction of sp³-hybridized carbons (Fsp3) is 0.160. The Labute approximate surface area is 188 Å². The second-order valence-corrected chi connectivity index (χ2v) is 7.53. The van der Waals surface area contributed by atoms with Gasteiger partial charge in [-0.15, -0.1) is 0 Å². The van der Waals surface area contributed by atoms with Crippen LogP contribution in [0.5, 0.6) is 0 Å². The molecule has 0 radical (unpaired) electrons.